The second-order valence-electron chi connectivity index (χ2n) is 9.97. The van der Waals surface area contributed by atoms with Crippen LogP contribution in [0.2, 0.25) is 0 Å². The zero-order valence-electron chi connectivity index (χ0n) is 22.4. The van der Waals surface area contributed by atoms with Gasteiger partial charge in [0.15, 0.2) is 12.0 Å². The maximum absolute atomic E-state index is 13.6. The number of benzene rings is 2. The van der Waals surface area contributed by atoms with Crippen molar-refractivity contribution in [2.24, 2.45) is 0 Å². The van der Waals surface area contributed by atoms with Crippen LogP contribution in [0.15, 0.2) is 84.0 Å². The summed E-state index contributed by atoms with van der Waals surface area (Å²) in [6, 6.07) is 17.1. The lowest BCUT2D eigenvalue weighted by Gasteiger charge is -2.28. The molecule has 1 aromatic heterocycles. The molecule has 2 aliphatic heterocycles. The fourth-order valence-corrected chi connectivity index (χ4v) is 7.01. The van der Waals surface area contributed by atoms with Crippen LogP contribution in [-0.4, -0.2) is 66.4 Å². The van der Waals surface area contributed by atoms with Gasteiger partial charge in [0.05, 0.1) is 12.6 Å². The molecule has 0 spiro atoms. The van der Waals surface area contributed by atoms with Crippen molar-refractivity contribution in [3.63, 3.8) is 0 Å². The Morgan fingerprint density at radius 2 is 1.73 bits per heavy atom. The Bertz CT molecular complexity index is 1550. The number of fused-ring (bicyclic) bond motifs is 1. The maximum Gasteiger partial charge on any atom is 0.323 e. The quantitative estimate of drug-likeness (QED) is 0.303. The molecule has 2 fully saturated rings. The van der Waals surface area contributed by atoms with Crippen LogP contribution in [0.3, 0.4) is 0 Å². The van der Waals surface area contributed by atoms with Gasteiger partial charge in [-0.25, -0.2) is 8.42 Å². The van der Waals surface area contributed by atoms with E-state index in [4.69, 9.17) is 4.74 Å². The van der Waals surface area contributed by atoms with E-state index in [1.54, 1.807) is 24.3 Å². The number of hydrogen-bond acceptors (Lipinski definition) is 7. The van der Waals surface area contributed by atoms with Crippen molar-refractivity contribution in [2.75, 3.05) is 13.1 Å². The highest BCUT2D eigenvalue weighted by atomic mass is 32.2. The molecule has 0 aliphatic carbocycles. The summed E-state index contributed by atoms with van der Waals surface area (Å²) in [4.78, 5) is 41.1. The van der Waals surface area contributed by atoms with Gasteiger partial charge in [-0.15, -0.1) is 0 Å². The molecule has 0 radical (unpaired) electrons. The number of likely N-dealkylation sites (tertiary alicyclic amines) is 1. The molecule has 0 bridgehead atoms. The largest absolute Gasteiger partial charge is 0.618 e. The molecule has 3 atom stereocenters. The minimum absolute atomic E-state index is 0.152. The molecule has 12 heteroatoms. The fourth-order valence-electron chi connectivity index (χ4n) is 5.36. The molecule has 41 heavy (non-hydrogen) atoms. The molecule has 0 saturated carbocycles. The number of amides is 2. The number of carbonyl (C=O) groups excluding carboxylic acids is 3. The first-order valence-electron chi connectivity index (χ1n) is 13.4. The highest BCUT2D eigenvalue weighted by Crippen LogP contribution is 2.34. The first kappa shape index (κ1) is 28.2. The predicted molar refractivity (Wildman–Crippen MR) is 147 cm³/mol. The SMILES string of the molecule is CCCC(NC(=O)c1ccc(Oc2ccccc2)cc1)C(=O)N1CCC2C1C(=O)CN2S(=O)(=O)c1cccc[n+]1[O-]. The summed E-state index contributed by atoms with van der Waals surface area (Å²) in [7, 11) is -4.27. The predicted octanol–water partition coefficient (Wildman–Crippen LogP) is 2.25. The second kappa shape index (κ2) is 11.7. The van der Waals surface area contributed by atoms with Crippen LogP contribution in [0.25, 0.3) is 0 Å². The number of ether oxygens (including phenoxy) is 1. The van der Waals surface area contributed by atoms with Gasteiger partial charge in [-0.2, -0.15) is 9.04 Å². The lowest BCUT2D eigenvalue weighted by molar-refractivity contribution is -0.646. The van der Waals surface area contributed by atoms with Gasteiger partial charge in [0.25, 0.3) is 5.91 Å². The van der Waals surface area contributed by atoms with E-state index in [9.17, 15) is 28.0 Å². The third-order valence-corrected chi connectivity index (χ3v) is 9.16. The average Bonchev–Trinajstić information content (AvgIpc) is 3.55. The van der Waals surface area contributed by atoms with Crippen molar-refractivity contribution >= 4 is 27.6 Å². The number of nitrogens with zero attached hydrogens (tertiary/aromatic N) is 3. The van der Waals surface area contributed by atoms with Crippen LogP contribution in [0.5, 0.6) is 11.5 Å². The first-order chi connectivity index (χ1) is 19.7. The van der Waals surface area contributed by atoms with Gasteiger partial charge in [-0.05, 0) is 55.3 Å². The summed E-state index contributed by atoms with van der Waals surface area (Å²) in [5, 5.41) is 14.5. The number of Topliss-reactive ketones (excluding diaryl/α,β-unsaturated/α-hetero) is 1. The van der Waals surface area contributed by atoms with E-state index in [-0.39, 0.29) is 17.7 Å². The van der Waals surface area contributed by atoms with Gasteiger partial charge >= 0.3 is 15.0 Å². The average molecular weight is 579 g/mol. The molecule has 11 nitrogen and oxygen atoms in total. The summed E-state index contributed by atoms with van der Waals surface area (Å²) < 4.78 is 33.6. The van der Waals surface area contributed by atoms with E-state index < -0.39 is 57.3 Å². The third kappa shape index (κ3) is 5.66. The number of sulfonamides is 1. The zero-order valence-corrected chi connectivity index (χ0v) is 23.2. The van der Waals surface area contributed by atoms with Crippen LogP contribution in [-0.2, 0) is 19.6 Å². The summed E-state index contributed by atoms with van der Waals surface area (Å²) in [5.41, 5.74) is 0.335. The molecular formula is C29H30N4O7S. The standard InChI is InChI=1S/C29H30N4O7S/c1-2-8-23(30-28(35)20-12-14-22(15-13-20)40-21-9-4-3-5-10-21)29(36)31-18-16-24-27(31)25(34)19-33(24)41(38,39)26-11-6-7-17-32(26)37/h3-7,9-15,17,23-24,27H,2,8,16,18-19H2,1H3,(H,30,35). The number of pyridine rings is 1. The second-order valence-corrected chi connectivity index (χ2v) is 11.8. The summed E-state index contributed by atoms with van der Waals surface area (Å²) in [6.07, 6.45) is 2.25. The van der Waals surface area contributed by atoms with Crippen LogP contribution >= 0.6 is 0 Å². The Balaban J connectivity index is 1.28. The van der Waals surface area contributed by atoms with Crippen molar-refractivity contribution in [3.8, 4) is 11.5 Å². The number of rotatable bonds is 9. The van der Waals surface area contributed by atoms with E-state index in [1.807, 2.05) is 37.3 Å². The highest BCUT2D eigenvalue weighted by molar-refractivity contribution is 7.89. The molecule has 2 saturated heterocycles. The molecule has 2 aromatic carbocycles. The normalized spacial score (nSPS) is 19.5. The monoisotopic (exact) mass is 578 g/mol. The summed E-state index contributed by atoms with van der Waals surface area (Å²) in [6.45, 7) is 1.60. The van der Waals surface area contributed by atoms with Crippen molar-refractivity contribution < 1.29 is 32.3 Å². The third-order valence-electron chi connectivity index (χ3n) is 7.30. The van der Waals surface area contributed by atoms with Crippen molar-refractivity contribution in [3.05, 3.63) is 89.8 Å². The zero-order chi connectivity index (χ0) is 29.1. The van der Waals surface area contributed by atoms with Gasteiger partial charge in [-0.3, -0.25) is 14.4 Å². The Morgan fingerprint density at radius 1 is 1.05 bits per heavy atom. The Kier molecular flexibility index (Phi) is 8.04. The molecule has 5 rings (SSSR count). The fraction of sp³-hybridized carbons (Fsp3) is 0.310. The van der Waals surface area contributed by atoms with Crippen LogP contribution in [0.4, 0.5) is 0 Å². The number of ketones is 1. The van der Waals surface area contributed by atoms with Gasteiger partial charge in [-0.1, -0.05) is 31.5 Å². The van der Waals surface area contributed by atoms with Crippen molar-refractivity contribution in [2.45, 2.75) is 49.3 Å². The van der Waals surface area contributed by atoms with Gasteiger partial charge in [0.1, 0.15) is 23.6 Å². The van der Waals surface area contributed by atoms with Gasteiger partial charge in [0.2, 0.25) is 5.91 Å². The summed E-state index contributed by atoms with van der Waals surface area (Å²) in [5.74, 6) is -0.110. The molecule has 3 aromatic rings. The van der Waals surface area contributed by atoms with E-state index in [0.717, 1.165) is 10.5 Å². The van der Waals surface area contributed by atoms with E-state index in [2.05, 4.69) is 5.32 Å². The number of nitrogens with one attached hydrogen (secondary N) is 1. The lowest BCUT2D eigenvalue weighted by atomic mass is 10.1. The van der Waals surface area contributed by atoms with E-state index in [0.29, 0.717) is 29.9 Å². The minimum Gasteiger partial charge on any atom is -0.618 e. The van der Waals surface area contributed by atoms with E-state index in [1.165, 1.54) is 23.1 Å². The molecule has 3 heterocycles. The van der Waals surface area contributed by atoms with E-state index >= 15 is 0 Å². The van der Waals surface area contributed by atoms with Gasteiger partial charge in [0, 0.05) is 24.2 Å². The maximum atomic E-state index is 13.6. The number of carbonyl (C=O) groups is 3. The Morgan fingerprint density at radius 3 is 2.41 bits per heavy atom. The first-order valence-corrected chi connectivity index (χ1v) is 14.8. The number of aromatic nitrogens is 1. The molecule has 214 valence electrons. The van der Waals surface area contributed by atoms with Crippen molar-refractivity contribution in [1.29, 1.82) is 0 Å². The topological polar surface area (TPSA) is 140 Å². The molecule has 2 aliphatic rings. The smallest absolute Gasteiger partial charge is 0.323 e. The Hall–Kier alpha value is -4.29. The van der Waals surface area contributed by atoms with Crippen LogP contribution in [0, 0.1) is 5.21 Å². The molecule has 2 amide bonds. The summed E-state index contributed by atoms with van der Waals surface area (Å²) >= 11 is 0. The lowest BCUT2D eigenvalue weighted by Crippen LogP contribution is -2.52. The molecule has 3 unspecified atom stereocenters. The minimum atomic E-state index is -4.27. The van der Waals surface area contributed by atoms with Crippen molar-refractivity contribution in [1.82, 2.24) is 14.5 Å². The number of para-hydroxylation sites is 1. The molecule has 1 N–H and O–H groups in total. The molecular weight excluding hydrogens is 548 g/mol. The van der Waals surface area contributed by atoms with Crippen LogP contribution < -0.4 is 14.8 Å². The Labute approximate surface area is 238 Å². The van der Waals surface area contributed by atoms with Crippen LogP contribution in [0.1, 0.15) is 36.5 Å². The number of hydrogen-bond donors (Lipinski definition) is 1. The van der Waals surface area contributed by atoms with Gasteiger partial charge < -0.3 is 20.2 Å². The highest BCUT2D eigenvalue weighted by Gasteiger charge is 2.55.